The maximum Gasteiger partial charge on any atom is 0.143 e. The molecule has 0 amide bonds. The predicted molar refractivity (Wildman–Crippen MR) is 69.7 cm³/mol. The van der Waals surface area contributed by atoms with Crippen molar-refractivity contribution in [2.75, 3.05) is 6.61 Å². The number of aryl methyl sites for hydroxylation is 1. The van der Waals surface area contributed by atoms with Gasteiger partial charge in [-0.2, -0.15) is 0 Å². The Labute approximate surface area is 110 Å². The lowest BCUT2D eigenvalue weighted by molar-refractivity contribution is 0.283. The van der Waals surface area contributed by atoms with Gasteiger partial charge in [0.2, 0.25) is 0 Å². The molecule has 1 atom stereocenters. The first kappa shape index (κ1) is 11.7. The Morgan fingerprint density at radius 2 is 2.11 bits per heavy atom. The number of epoxide rings is 1. The van der Waals surface area contributed by atoms with E-state index in [-0.39, 0.29) is 5.60 Å². The minimum absolute atomic E-state index is 0.0283. The van der Waals surface area contributed by atoms with E-state index >= 15 is 0 Å². The second-order valence-electron chi connectivity index (χ2n) is 4.91. The molecule has 1 aromatic heterocycles. The van der Waals surface area contributed by atoms with Crippen molar-refractivity contribution in [3.05, 3.63) is 36.0 Å². The predicted octanol–water partition coefficient (Wildman–Crippen LogP) is 2.53. The fourth-order valence-electron chi connectivity index (χ4n) is 1.69. The van der Waals surface area contributed by atoms with E-state index in [1.165, 1.54) is 10.5 Å². The van der Waals surface area contributed by atoms with Crippen molar-refractivity contribution >= 4 is 11.8 Å². The van der Waals surface area contributed by atoms with Gasteiger partial charge in [-0.3, -0.25) is 0 Å². The molecule has 0 spiro atoms. The van der Waals surface area contributed by atoms with Gasteiger partial charge in [0.15, 0.2) is 0 Å². The van der Waals surface area contributed by atoms with Gasteiger partial charge in [0.05, 0.1) is 19.3 Å². The number of aromatic nitrogens is 3. The van der Waals surface area contributed by atoms with Crippen LogP contribution in [-0.2, 0) is 11.3 Å². The Bertz CT molecular complexity index is 546. The SMILES string of the molecule is Cc1ccc(Sc2cn(CC3(C)CO3)nn2)cc1. The molecule has 1 saturated heterocycles. The minimum atomic E-state index is -0.0283. The normalized spacial score (nSPS) is 22.1. The molecule has 3 rings (SSSR count). The van der Waals surface area contributed by atoms with Crippen molar-refractivity contribution < 1.29 is 4.74 Å². The van der Waals surface area contributed by atoms with Gasteiger partial charge in [-0.1, -0.05) is 34.7 Å². The van der Waals surface area contributed by atoms with Crippen LogP contribution >= 0.6 is 11.8 Å². The summed E-state index contributed by atoms with van der Waals surface area (Å²) in [5.74, 6) is 0. The molecular formula is C13H15N3OS. The first-order chi connectivity index (χ1) is 8.63. The fourth-order valence-corrected chi connectivity index (χ4v) is 2.45. The van der Waals surface area contributed by atoms with Crippen LogP contribution in [0.3, 0.4) is 0 Å². The Kier molecular flexibility index (Phi) is 2.87. The Balaban J connectivity index is 1.67. The van der Waals surface area contributed by atoms with E-state index < -0.39 is 0 Å². The standard InChI is InChI=1S/C13H15N3OS/c1-10-3-5-11(6-4-10)18-12-7-16(15-14-12)8-13(2)9-17-13/h3-7H,8-9H2,1-2H3. The lowest BCUT2D eigenvalue weighted by Crippen LogP contribution is -2.15. The third kappa shape index (κ3) is 2.73. The van der Waals surface area contributed by atoms with Crippen molar-refractivity contribution in [1.29, 1.82) is 0 Å². The van der Waals surface area contributed by atoms with E-state index in [9.17, 15) is 0 Å². The molecule has 4 nitrogen and oxygen atoms in total. The van der Waals surface area contributed by atoms with Crippen LogP contribution < -0.4 is 0 Å². The fraction of sp³-hybridized carbons (Fsp3) is 0.385. The highest BCUT2D eigenvalue weighted by molar-refractivity contribution is 7.99. The van der Waals surface area contributed by atoms with Gasteiger partial charge in [0, 0.05) is 4.90 Å². The zero-order chi connectivity index (χ0) is 12.6. The maximum atomic E-state index is 5.35. The molecule has 1 aromatic carbocycles. The van der Waals surface area contributed by atoms with Crippen LogP contribution in [0.1, 0.15) is 12.5 Å². The summed E-state index contributed by atoms with van der Waals surface area (Å²) in [7, 11) is 0. The van der Waals surface area contributed by atoms with Gasteiger partial charge >= 0.3 is 0 Å². The van der Waals surface area contributed by atoms with Crippen LogP contribution in [0.25, 0.3) is 0 Å². The van der Waals surface area contributed by atoms with Crippen molar-refractivity contribution in [1.82, 2.24) is 15.0 Å². The molecular weight excluding hydrogens is 246 g/mol. The monoisotopic (exact) mass is 261 g/mol. The first-order valence-corrected chi connectivity index (χ1v) is 6.73. The Morgan fingerprint density at radius 3 is 2.78 bits per heavy atom. The van der Waals surface area contributed by atoms with Gasteiger partial charge in [0.1, 0.15) is 10.6 Å². The molecule has 0 saturated carbocycles. The molecule has 1 aliphatic heterocycles. The summed E-state index contributed by atoms with van der Waals surface area (Å²) in [6.07, 6.45) is 1.97. The number of rotatable bonds is 4. The molecule has 5 heteroatoms. The summed E-state index contributed by atoms with van der Waals surface area (Å²) in [5.41, 5.74) is 1.24. The quantitative estimate of drug-likeness (QED) is 0.793. The zero-order valence-corrected chi connectivity index (χ0v) is 11.3. The highest BCUT2D eigenvalue weighted by Crippen LogP contribution is 2.29. The molecule has 0 aliphatic carbocycles. The molecule has 94 valence electrons. The smallest absolute Gasteiger partial charge is 0.143 e. The molecule has 0 N–H and O–H groups in total. The van der Waals surface area contributed by atoms with Crippen LogP contribution in [-0.4, -0.2) is 27.2 Å². The van der Waals surface area contributed by atoms with Gasteiger partial charge in [-0.15, -0.1) is 5.10 Å². The van der Waals surface area contributed by atoms with Crippen LogP contribution in [0.2, 0.25) is 0 Å². The Morgan fingerprint density at radius 1 is 1.39 bits per heavy atom. The molecule has 0 radical (unpaired) electrons. The van der Waals surface area contributed by atoms with Gasteiger partial charge < -0.3 is 4.74 Å². The number of hydrogen-bond acceptors (Lipinski definition) is 4. The molecule has 1 aliphatic rings. The molecule has 2 aromatic rings. The Hall–Kier alpha value is -1.33. The van der Waals surface area contributed by atoms with Gasteiger partial charge in [0.25, 0.3) is 0 Å². The van der Waals surface area contributed by atoms with E-state index in [1.54, 1.807) is 11.8 Å². The molecule has 1 fully saturated rings. The third-order valence-corrected chi connectivity index (χ3v) is 3.80. The molecule has 0 bridgehead atoms. The summed E-state index contributed by atoms with van der Waals surface area (Å²) in [6.45, 7) is 5.75. The van der Waals surface area contributed by atoms with Crippen molar-refractivity contribution in [2.45, 2.75) is 35.9 Å². The summed E-state index contributed by atoms with van der Waals surface area (Å²) in [4.78, 5) is 1.18. The maximum absolute atomic E-state index is 5.35. The van der Waals surface area contributed by atoms with E-state index in [0.29, 0.717) is 0 Å². The largest absolute Gasteiger partial charge is 0.368 e. The second kappa shape index (κ2) is 4.40. The van der Waals surface area contributed by atoms with Crippen LogP contribution in [0.15, 0.2) is 40.4 Å². The second-order valence-corrected chi connectivity index (χ2v) is 6.00. The van der Waals surface area contributed by atoms with Gasteiger partial charge in [-0.05, 0) is 26.0 Å². The molecule has 1 unspecified atom stereocenters. The number of nitrogens with zero attached hydrogens (tertiary/aromatic N) is 3. The number of ether oxygens (including phenoxy) is 1. The van der Waals surface area contributed by atoms with Crippen molar-refractivity contribution in [3.8, 4) is 0 Å². The number of hydrogen-bond donors (Lipinski definition) is 0. The van der Waals surface area contributed by atoms with Gasteiger partial charge in [-0.25, -0.2) is 4.68 Å². The van der Waals surface area contributed by atoms with E-state index in [4.69, 9.17) is 4.74 Å². The van der Waals surface area contributed by atoms with Crippen molar-refractivity contribution in [3.63, 3.8) is 0 Å². The average Bonchev–Trinajstić information content (AvgIpc) is 2.90. The summed E-state index contributed by atoms with van der Waals surface area (Å²) in [5, 5.41) is 9.21. The zero-order valence-electron chi connectivity index (χ0n) is 10.5. The summed E-state index contributed by atoms with van der Waals surface area (Å²) in [6, 6.07) is 8.41. The van der Waals surface area contributed by atoms with Crippen LogP contribution in [0.5, 0.6) is 0 Å². The highest BCUT2D eigenvalue weighted by atomic mass is 32.2. The lowest BCUT2D eigenvalue weighted by atomic mass is 10.2. The third-order valence-electron chi connectivity index (χ3n) is 2.89. The average molecular weight is 261 g/mol. The summed E-state index contributed by atoms with van der Waals surface area (Å²) < 4.78 is 7.20. The number of benzene rings is 1. The van der Waals surface area contributed by atoms with Crippen LogP contribution in [0, 0.1) is 6.92 Å². The van der Waals surface area contributed by atoms with E-state index in [1.807, 2.05) is 10.9 Å². The van der Waals surface area contributed by atoms with Crippen molar-refractivity contribution in [2.24, 2.45) is 0 Å². The van der Waals surface area contributed by atoms with E-state index in [0.717, 1.165) is 18.2 Å². The van der Waals surface area contributed by atoms with Crippen LogP contribution in [0.4, 0.5) is 0 Å². The summed E-state index contributed by atoms with van der Waals surface area (Å²) >= 11 is 1.63. The first-order valence-electron chi connectivity index (χ1n) is 5.92. The highest BCUT2D eigenvalue weighted by Gasteiger charge is 2.40. The van der Waals surface area contributed by atoms with E-state index in [2.05, 4.69) is 48.4 Å². The minimum Gasteiger partial charge on any atom is -0.368 e. The topological polar surface area (TPSA) is 43.2 Å². The molecule has 18 heavy (non-hydrogen) atoms. The lowest BCUT2D eigenvalue weighted by Gasteiger charge is -2.02. The molecule has 2 heterocycles.